The number of nitrogens with one attached hydrogen (secondary N) is 1. The minimum Gasteiger partial charge on any atom is -0.492 e. The molecule has 1 aromatic rings. The van der Waals surface area contributed by atoms with Crippen molar-refractivity contribution in [3.05, 3.63) is 24.3 Å². The van der Waals surface area contributed by atoms with E-state index in [1.807, 2.05) is 0 Å². The maximum atomic E-state index is 11.5. The van der Waals surface area contributed by atoms with Crippen molar-refractivity contribution in [2.45, 2.75) is 31.2 Å². The molecule has 27 heavy (non-hydrogen) atoms. The van der Waals surface area contributed by atoms with E-state index >= 15 is 0 Å². The van der Waals surface area contributed by atoms with Crippen molar-refractivity contribution in [3.8, 4) is 5.75 Å². The van der Waals surface area contributed by atoms with Crippen LogP contribution in [0.25, 0.3) is 0 Å². The topological polar surface area (TPSA) is 74.2 Å². The molecule has 152 valence electrons. The predicted molar refractivity (Wildman–Crippen MR) is 109 cm³/mol. The number of guanidine groups is 1. The summed E-state index contributed by atoms with van der Waals surface area (Å²) in [5, 5.41) is 3.35. The van der Waals surface area contributed by atoms with Gasteiger partial charge in [0.1, 0.15) is 12.4 Å². The molecule has 0 aromatic heterocycles. The van der Waals surface area contributed by atoms with E-state index in [0.29, 0.717) is 29.8 Å². The first-order valence-corrected chi connectivity index (χ1v) is 11.4. The zero-order valence-corrected chi connectivity index (χ0v) is 17.6. The van der Waals surface area contributed by atoms with Crippen molar-refractivity contribution in [1.82, 2.24) is 15.1 Å². The zero-order chi connectivity index (χ0) is 19.9. The van der Waals surface area contributed by atoms with Gasteiger partial charge in [0.2, 0.25) is 0 Å². The molecule has 1 atom stereocenters. The van der Waals surface area contributed by atoms with Gasteiger partial charge in [-0.15, -0.1) is 0 Å². The highest BCUT2D eigenvalue weighted by Gasteiger charge is 2.27. The van der Waals surface area contributed by atoms with E-state index in [1.54, 1.807) is 31.3 Å². The highest BCUT2D eigenvalue weighted by molar-refractivity contribution is 7.90. The lowest BCUT2D eigenvalue weighted by molar-refractivity contribution is 0.223. The van der Waals surface area contributed by atoms with Gasteiger partial charge >= 0.3 is 0 Å². The Labute approximate surface area is 163 Å². The molecule has 1 aromatic carbocycles. The van der Waals surface area contributed by atoms with Crippen LogP contribution < -0.4 is 10.1 Å². The number of rotatable bonds is 8. The standard InChI is InChI=1S/C19H32N4O3S/c1-5-22(6-2)16-11-13-23(15-16)19(20-3)21-12-14-26-17-7-9-18(10-8-17)27(4,24)25/h7-10,16H,5-6,11-15H2,1-4H3,(H,20,21). The molecular weight excluding hydrogens is 364 g/mol. The van der Waals surface area contributed by atoms with E-state index < -0.39 is 9.84 Å². The third-order valence-electron chi connectivity index (χ3n) is 4.91. The van der Waals surface area contributed by atoms with Crippen molar-refractivity contribution in [3.63, 3.8) is 0 Å². The first-order valence-electron chi connectivity index (χ1n) is 9.51. The second-order valence-electron chi connectivity index (χ2n) is 6.68. The summed E-state index contributed by atoms with van der Waals surface area (Å²) in [5.41, 5.74) is 0. The van der Waals surface area contributed by atoms with Gasteiger partial charge in [0, 0.05) is 32.4 Å². The normalized spacial score (nSPS) is 18.2. The van der Waals surface area contributed by atoms with Gasteiger partial charge in [-0.05, 0) is 43.8 Å². The number of benzene rings is 1. The number of likely N-dealkylation sites (N-methyl/N-ethyl adjacent to an activating group) is 1. The average molecular weight is 397 g/mol. The zero-order valence-electron chi connectivity index (χ0n) is 16.8. The third-order valence-corrected chi connectivity index (χ3v) is 6.04. The monoisotopic (exact) mass is 396 g/mol. The number of sulfone groups is 1. The summed E-state index contributed by atoms with van der Waals surface area (Å²) in [7, 11) is -1.37. The molecule has 1 N–H and O–H groups in total. The van der Waals surface area contributed by atoms with Crippen LogP contribution in [0.5, 0.6) is 5.75 Å². The molecule has 0 spiro atoms. The average Bonchev–Trinajstić information content (AvgIpc) is 3.12. The van der Waals surface area contributed by atoms with Crippen molar-refractivity contribution < 1.29 is 13.2 Å². The van der Waals surface area contributed by atoms with Crippen LogP contribution in [0.4, 0.5) is 0 Å². The van der Waals surface area contributed by atoms with Crippen molar-refractivity contribution >= 4 is 15.8 Å². The molecule has 1 fully saturated rings. The lowest BCUT2D eigenvalue weighted by Gasteiger charge is -2.27. The number of nitrogens with zero attached hydrogens (tertiary/aromatic N) is 3. The van der Waals surface area contributed by atoms with E-state index in [0.717, 1.165) is 38.6 Å². The van der Waals surface area contributed by atoms with Gasteiger partial charge in [0.05, 0.1) is 11.4 Å². The molecular formula is C19H32N4O3S. The number of aliphatic imine (C=N–C) groups is 1. The van der Waals surface area contributed by atoms with E-state index in [-0.39, 0.29) is 0 Å². The maximum Gasteiger partial charge on any atom is 0.193 e. The van der Waals surface area contributed by atoms with Crippen LogP contribution in [-0.4, -0.2) is 82.9 Å². The first-order chi connectivity index (χ1) is 12.9. The fraction of sp³-hybridized carbons (Fsp3) is 0.632. The Hall–Kier alpha value is -1.80. The van der Waals surface area contributed by atoms with Crippen LogP contribution in [0.2, 0.25) is 0 Å². The predicted octanol–water partition coefficient (Wildman–Crippen LogP) is 1.46. The van der Waals surface area contributed by atoms with Crippen LogP contribution in [0.15, 0.2) is 34.2 Å². The summed E-state index contributed by atoms with van der Waals surface area (Å²) in [6.07, 6.45) is 2.35. The molecule has 1 heterocycles. The van der Waals surface area contributed by atoms with Gasteiger partial charge in [-0.2, -0.15) is 0 Å². The third kappa shape index (κ3) is 6.10. The molecule has 0 bridgehead atoms. The van der Waals surface area contributed by atoms with Crippen LogP contribution >= 0.6 is 0 Å². The minimum atomic E-state index is -3.18. The molecule has 1 aliphatic heterocycles. The molecule has 0 radical (unpaired) electrons. The van der Waals surface area contributed by atoms with Crippen LogP contribution in [0, 0.1) is 0 Å². The Balaban J connectivity index is 1.77. The van der Waals surface area contributed by atoms with Gasteiger partial charge in [-0.25, -0.2) is 8.42 Å². The summed E-state index contributed by atoms with van der Waals surface area (Å²) in [5.74, 6) is 1.56. The highest BCUT2D eigenvalue weighted by atomic mass is 32.2. The van der Waals surface area contributed by atoms with Gasteiger partial charge in [-0.1, -0.05) is 13.8 Å². The number of hydrogen-bond donors (Lipinski definition) is 1. The number of likely N-dealkylation sites (tertiary alicyclic amines) is 1. The van der Waals surface area contributed by atoms with Crippen molar-refractivity contribution in [2.75, 3.05) is 52.6 Å². The molecule has 1 aliphatic rings. The molecule has 8 heteroatoms. The van der Waals surface area contributed by atoms with Crippen molar-refractivity contribution in [1.29, 1.82) is 0 Å². The Morgan fingerprint density at radius 2 is 1.96 bits per heavy atom. The van der Waals surface area contributed by atoms with Gasteiger partial charge in [0.25, 0.3) is 0 Å². The Bertz CT molecular complexity index is 715. The van der Waals surface area contributed by atoms with Crippen LogP contribution in [-0.2, 0) is 9.84 Å². The van der Waals surface area contributed by atoms with E-state index in [1.165, 1.54) is 6.26 Å². The summed E-state index contributed by atoms with van der Waals surface area (Å²) < 4.78 is 28.6. The fourth-order valence-corrected chi connectivity index (χ4v) is 4.05. The van der Waals surface area contributed by atoms with E-state index in [2.05, 4.69) is 34.0 Å². The quantitative estimate of drug-likeness (QED) is 0.407. The largest absolute Gasteiger partial charge is 0.492 e. The van der Waals surface area contributed by atoms with Crippen LogP contribution in [0.3, 0.4) is 0 Å². The maximum absolute atomic E-state index is 11.5. The minimum absolute atomic E-state index is 0.296. The second-order valence-corrected chi connectivity index (χ2v) is 8.69. The smallest absolute Gasteiger partial charge is 0.193 e. The second kappa shape index (κ2) is 9.94. The van der Waals surface area contributed by atoms with Crippen molar-refractivity contribution in [2.24, 2.45) is 4.99 Å². The summed E-state index contributed by atoms with van der Waals surface area (Å²) in [6, 6.07) is 7.08. The molecule has 1 saturated heterocycles. The fourth-order valence-electron chi connectivity index (χ4n) is 3.42. The lowest BCUT2D eigenvalue weighted by atomic mass is 10.2. The van der Waals surface area contributed by atoms with Gasteiger partial charge < -0.3 is 15.0 Å². The lowest BCUT2D eigenvalue weighted by Crippen LogP contribution is -2.44. The number of ether oxygens (including phenoxy) is 1. The Morgan fingerprint density at radius 1 is 1.30 bits per heavy atom. The first kappa shape index (κ1) is 21.5. The SMILES string of the molecule is CCN(CC)C1CCN(C(=NC)NCCOc2ccc(S(C)(=O)=O)cc2)C1. The summed E-state index contributed by atoms with van der Waals surface area (Å²) >= 11 is 0. The Kier molecular flexibility index (Phi) is 7.91. The van der Waals surface area contributed by atoms with E-state index in [4.69, 9.17) is 4.74 Å². The van der Waals surface area contributed by atoms with Gasteiger partial charge in [0.15, 0.2) is 15.8 Å². The molecule has 1 unspecified atom stereocenters. The summed E-state index contributed by atoms with van der Waals surface area (Å²) in [6.45, 7) is 9.68. The number of hydrogen-bond acceptors (Lipinski definition) is 5. The molecule has 0 amide bonds. The molecule has 0 aliphatic carbocycles. The van der Waals surface area contributed by atoms with Crippen LogP contribution in [0.1, 0.15) is 20.3 Å². The van der Waals surface area contributed by atoms with Gasteiger partial charge in [-0.3, -0.25) is 9.89 Å². The summed E-state index contributed by atoms with van der Waals surface area (Å²) in [4.78, 5) is 9.48. The van der Waals surface area contributed by atoms with E-state index in [9.17, 15) is 8.42 Å². The molecule has 2 rings (SSSR count). The molecule has 0 saturated carbocycles. The highest BCUT2D eigenvalue weighted by Crippen LogP contribution is 2.16. The Morgan fingerprint density at radius 3 is 2.52 bits per heavy atom. The molecule has 7 nitrogen and oxygen atoms in total.